The first-order valence-electron chi connectivity index (χ1n) is 12.4. The van der Waals surface area contributed by atoms with Crippen molar-refractivity contribution in [3.05, 3.63) is 102 Å². The first-order chi connectivity index (χ1) is 18.4. The Bertz CT molecular complexity index is 1400. The van der Waals surface area contributed by atoms with Crippen molar-refractivity contribution >= 4 is 40.3 Å². The van der Waals surface area contributed by atoms with Crippen molar-refractivity contribution in [1.82, 2.24) is 4.98 Å². The average molecular weight is 514 g/mol. The smallest absolute Gasteiger partial charge is 0.257 e. The minimum atomic E-state index is -0.518. The van der Waals surface area contributed by atoms with Gasteiger partial charge in [-0.2, -0.15) is 0 Å². The summed E-state index contributed by atoms with van der Waals surface area (Å²) in [5, 5.41) is 18.2. The number of piperidine rings is 1. The highest BCUT2D eigenvalue weighted by Crippen LogP contribution is 2.25. The molecule has 0 atom stereocenters. The van der Waals surface area contributed by atoms with Crippen molar-refractivity contribution in [2.24, 2.45) is 0 Å². The number of H-pyrrole nitrogens is 1. The monoisotopic (exact) mass is 513 g/mol. The van der Waals surface area contributed by atoms with Crippen LogP contribution < -0.4 is 20.9 Å². The zero-order chi connectivity index (χ0) is 26.5. The van der Waals surface area contributed by atoms with Crippen molar-refractivity contribution in [1.29, 1.82) is 0 Å². The molecule has 0 aliphatic carbocycles. The molecule has 1 aliphatic heterocycles. The van der Waals surface area contributed by atoms with E-state index in [2.05, 4.69) is 25.8 Å². The third kappa shape index (κ3) is 6.01. The second-order valence-corrected chi connectivity index (χ2v) is 9.17. The van der Waals surface area contributed by atoms with Crippen molar-refractivity contribution < 1.29 is 19.1 Å². The first kappa shape index (κ1) is 25.0. The van der Waals surface area contributed by atoms with Crippen LogP contribution in [-0.2, 0) is 0 Å². The van der Waals surface area contributed by atoms with E-state index in [0.717, 1.165) is 31.6 Å². The van der Waals surface area contributed by atoms with Gasteiger partial charge < -0.3 is 30.9 Å². The number of hydrogen-bond acceptors (Lipinski definition) is 5. The standard InChI is InChI=1S/C29H28FN5O3/c30-26-17-23(34-28(37)19-1-8-24(9-2-19)35-15-12-25(36)13-16-35)7-10-27(26)32-21-3-5-22(6-4-21)33-29(38)20-11-14-31-18-20/h1-11,14,17-18,25,31-32,36H,12-13,15-16H2,(H,33,38)(H,34,37). The van der Waals surface area contributed by atoms with Crippen LogP contribution in [-0.4, -0.2) is 41.1 Å². The van der Waals surface area contributed by atoms with Gasteiger partial charge in [-0.1, -0.05) is 0 Å². The van der Waals surface area contributed by atoms with Crippen LogP contribution in [0.15, 0.2) is 85.2 Å². The fourth-order valence-corrected chi connectivity index (χ4v) is 4.31. The fourth-order valence-electron chi connectivity index (χ4n) is 4.31. The Hall–Kier alpha value is -4.63. The second kappa shape index (κ2) is 11.2. The number of nitrogens with one attached hydrogen (secondary N) is 4. The van der Waals surface area contributed by atoms with E-state index in [9.17, 15) is 19.1 Å². The summed E-state index contributed by atoms with van der Waals surface area (Å²) >= 11 is 0. The van der Waals surface area contributed by atoms with E-state index in [1.54, 1.807) is 67.0 Å². The summed E-state index contributed by atoms with van der Waals surface area (Å²) in [6, 6.07) is 20.3. The lowest BCUT2D eigenvalue weighted by molar-refractivity contribution is 0.101. The van der Waals surface area contributed by atoms with E-state index in [1.807, 2.05) is 12.1 Å². The van der Waals surface area contributed by atoms with Crippen molar-refractivity contribution in [2.75, 3.05) is 33.9 Å². The zero-order valence-electron chi connectivity index (χ0n) is 20.6. The second-order valence-electron chi connectivity index (χ2n) is 9.17. The topological polar surface area (TPSA) is 109 Å². The van der Waals surface area contributed by atoms with E-state index in [0.29, 0.717) is 28.2 Å². The van der Waals surface area contributed by atoms with Crippen LogP contribution in [0, 0.1) is 5.82 Å². The molecule has 3 aromatic carbocycles. The summed E-state index contributed by atoms with van der Waals surface area (Å²) in [6.45, 7) is 1.56. The molecule has 194 valence electrons. The maximum atomic E-state index is 14.8. The Balaban J connectivity index is 1.17. The predicted octanol–water partition coefficient (Wildman–Crippen LogP) is 5.36. The largest absolute Gasteiger partial charge is 0.393 e. The number of aliphatic hydroxyl groups excluding tert-OH is 1. The predicted molar refractivity (Wildman–Crippen MR) is 147 cm³/mol. The summed E-state index contributed by atoms with van der Waals surface area (Å²) < 4.78 is 14.8. The number of aromatic nitrogens is 1. The van der Waals surface area contributed by atoms with Gasteiger partial charge >= 0.3 is 0 Å². The number of hydrogen-bond donors (Lipinski definition) is 5. The Morgan fingerprint density at radius 2 is 1.45 bits per heavy atom. The third-order valence-electron chi connectivity index (χ3n) is 6.47. The van der Waals surface area contributed by atoms with Gasteiger partial charge in [0, 0.05) is 53.8 Å². The molecule has 0 unspecified atom stereocenters. The number of rotatable bonds is 7. The number of carbonyl (C=O) groups is 2. The molecule has 9 heteroatoms. The van der Waals surface area contributed by atoms with Crippen LogP contribution in [0.1, 0.15) is 33.6 Å². The van der Waals surface area contributed by atoms with Gasteiger partial charge in [0.15, 0.2) is 0 Å². The molecule has 1 saturated heterocycles. The van der Waals surface area contributed by atoms with Gasteiger partial charge in [0.05, 0.1) is 17.4 Å². The molecule has 1 fully saturated rings. The minimum Gasteiger partial charge on any atom is -0.393 e. The molecule has 8 nitrogen and oxygen atoms in total. The molecule has 0 saturated carbocycles. The number of aliphatic hydroxyl groups is 1. The highest BCUT2D eigenvalue weighted by atomic mass is 19.1. The molecule has 2 heterocycles. The molecule has 0 radical (unpaired) electrons. The molecule has 5 rings (SSSR count). The minimum absolute atomic E-state index is 0.227. The molecule has 0 bridgehead atoms. The third-order valence-corrected chi connectivity index (χ3v) is 6.47. The number of amides is 2. The molecule has 2 amide bonds. The summed E-state index contributed by atoms with van der Waals surface area (Å²) in [6.07, 6.45) is 4.51. The molecule has 4 aromatic rings. The summed E-state index contributed by atoms with van der Waals surface area (Å²) in [5.74, 6) is -1.08. The number of carbonyl (C=O) groups excluding carboxylic acids is 2. The van der Waals surface area contributed by atoms with E-state index >= 15 is 0 Å². The Morgan fingerprint density at radius 1 is 0.816 bits per heavy atom. The van der Waals surface area contributed by atoms with Crippen LogP contribution in [0.5, 0.6) is 0 Å². The summed E-state index contributed by atoms with van der Waals surface area (Å²) in [7, 11) is 0. The Kier molecular flexibility index (Phi) is 7.37. The first-order valence-corrected chi connectivity index (χ1v) is 12.4. The summed E-state index contributed by atoms with van der Waals surface area (Å²) in [4.78, 5) is 29.9. The molecular formula is C29H28FN5O3. The van der Waals surface area contributed by atoms with Gasteiger partial charge in [0.2, 0.25) is 0 Å². The van der Waals surface area contributed by atoms with Crippen LogP contribution in [0.4, 0.5) is 32.8 Å². The van der Waals surface area contributed by atoms with E-state index in [1.165, 1.54) is 6.07 Å². The normalized spacial score (nSPS) is 13.7. The van der Waals surface area contributed by atoms with Crippen LogP contribution in [0.3, 0.4) is 0 Å². The molecule has 5 N–H and O–H groups in total. The van der Waals surface area contributed by atoms with Gasteiger partial charge in [-0.25, -0.2) is 4.39 Å². The maximum Gasteiger partial charge on any atom is 0.257 e. The quantitative estimate of drug-likeness (QED) is 0.229. The Labute approximate surface area is 219 Å². The van der Waals surface area contributed by atoms with Crippen LogP contribution in [0.2, 0.25) is 0 Å². The molecule has 38 heavy (non-hydrogen) atoms. The average Bonchev–Trinajstić information content (AvgIpc) is 3.47. The lowest BCUT2D eigenvalue weighted by Crippen LogP contribution is -2.35. The van der Waals surface area contributed by atoms with Gasteiger partial charge in [-0.15, -0.1) is 0 Å². The van der Waals surface area contributed by atoms with E-state index < -0.39 is 5.82 Å². The maximum absolute atomic E-state index is 14.8. The lowest BCUT2D eigenvalue weighted by atomic mass is 10.1. The highest BCUT2D eigenvalue weighted by molar-refractivity contribution is 6.05. The van der Waals surface area contributed by atoms with Gasteiger partial charge in [0.25, 0.3) is 11.8 Å². The number of halogens is 1. The number of anilines is 5. The van der Waals surface area contributed by atoms with Crippen LogP contribution in [0.25, 0.3) is 0 Å². The molecule has 1 aromatic heterocycles. The number of benzene rings is 3. The number of aromatic amines is 1. The highest BCUT2D eigenvalue weighted by Gasteiger charge is 2.17. The van der Waals surface area contributed by atoms with Gasteiger partial charge in [-0.05, 0) is 85.6 Å². The summed E-state index contributed by atoms with van der Waals surface area (Å²) in [5.41, 5.74) is 3.85. The molecular weight excluding hydrogens is 485 g/mol. The molecule has 1 aliphatic rings. The van der Waals surface area contributed by atoms with Crippen LogP contribution >= 0.6 is 0 Å². The van der Waals surface area contributed by atoms with Crippen molar-refractivity contribution in [2.45, 2.75) is 18.9 Å². The fraction of sp³-hybridized carbons (Fsp3) is 0.172. The van der Waals surface area contributed by atoms with E-state index in [-0.39, 0.29) is 23.6 Å². The van der Waals surface area contributed by atoms with Gasteiger partial charge in [0.1, 0.15) is 5.82 Å². The van der Waals surface area contributed by atoms with E-state index in [4.69, 9.17) is 0 Å². The Morgan fingerprint density at radius 3 is 2.11 bits per heavy atom. The lowest BCUT2D eigenvalue weighted by Gasteiger charge is -2.31. The SMILES string of the molecule is O=C(Nc1ccc(Nc2ccc(NC(=O)c3cc[nH]c3)cc2)c(F)c1)c1ccc(N2CCC(O)CC2)cc1. The van der Waals surface area contributed by atoms with Crippen molar-refractivity contribution in [3.8, 4) is 0 Å². The van der Waals surface area contributed by atoms with Crippen molar-refractivity contribution in [3.63, 3.8) is 0 Å². The van der Waals surface area contributed by atoms with Gasteiger partial charge in [-0.3, -0.25) is 9.59 Å². The molecule has 0 spiro atoms. The zero-order valence-corrected chi connectivity index (χ0v) is 20.6. The number of nitrogens with zero attached hydrogens (tertiary/aromatic N) is 1.